The van der Waals surface area contributed by atoms with Crippen LogP contribution >= 0.6 is 0 Å². The van der Waals surface area contributed by atoms with Crippen LogP contribution in [0.15, 0.2) is 17.4 Å². The maximum atomic E-state index is 4.09. The van der Waals surface area contributed by atoms with Gasteiger partial charge in [0.05, 0.1) is 0 Å². The molecule has 0 bridgehead atoms. The fourth-order valence-corrected chi connectivity index (χ4v) is 0.863. The molecule has 0 saturated heterocycles. The fraction of sp³-hybridized carbons (Fsp3) is 0.429. The molecule has 0 N–H and O–H groups in total. The van der Waals surface area contributed by atoms with Crippen molar-refractivity contribution in [2.45, 2.75) is 6.92 Å². The highest BCUT2D eigenvalue weighted by atomic mass is 15.1. The molecule has 0 atom stereocenters. The summed E-state index contributed by atoms with van der Waals surface area (Å²) >= 11 is 0. The standard InChI is InChI=1S/C7H11N3/c1-6-4-9-7(8-2)10(3)5-6/h4-5H,1-3H3. The summed E-state index contributed by atoms with van der Waals surface area (Å²) < 4.78 is 1.90. The van der Waals surface area contributed by atoms with Crippen molar-refractivity contribution in [2.24, 2.45) is 12.0 Å². The minimum atomic E-state index is 0.755. The van der Waals surface area contributed by atoms with Crippen molar-refractivity contribution in [3.8, 4) is 0 Å². The van der Waals surface area contributed by atoms with Crippen LogP contribution in [0.5, 0.6) is 0 Å². The van der Waals surface area contributed by atoms with Crippen molar-refractivity contribution in [3.63, 3.8) is 0 Å². The van der Waals surface area contributed by atoms with Gasteiger partial charge in [0.2, 0.25) is 5.62 Å². The van der Waals surface area contributed by atoms with E-state index < -0.39 is 0 Å². The van der Waals surface area contributed by atoms with Crippen LogP contribution in [0.4, 0.5) is 0 Å². The molecule has 3 nitrogen and oxygen atoms in total. The van der Waals surface area contributed by atoms with E-state index in [9.17, 15) is 0 Å². The van der Waals surface area contributed by atoms with Gasteiger partial charge in [0.1, 0.15) is 0 Å². The molecule has 0 aromatic carbocycles. The second kappa shape index (κ2) is 2.64. The highest BCUT2D eigenvalue weighted by Gasteiger charge is 1.86. The highest BCUT2D eigenvalue weighted by molar-refractivity contribution is 4.98. The SMILES string of the molecule is CN=c1ncc(C)cn1C. The van der Waals surface area contributed by atoms with E-state index in [2.05, 4.69) is 9.98 Å². The number of hydrogen-bond donors (Lipinski definition) is 0. The fourth-order valence-electron chi connectivity index (χ4n) is 0.863. The molecule has 0 fully saturated rings. The molecule has 10 heavy (non-hydrogen) atoms. The summed E-state index contributed by atoms with van der Waals surface area (Å²) in [6.45, 7) is 2.01. The average Bonchev–Trinajstić information content (AvgIpc) is 1.88. The van der Waals surface area contributed by atoms with Crippen molar-refractivity contribution in [1.82, 2.24) is 9.55 Å². The van der Waals surface area contributed by atoms with Crippen LogP contribution in [0.3, 0.4) is 0 Å². The van der Waals surface area contributed by atoms with E-state index in [0.29, 0.717) is 0 Å². The lowest BCUT2D eigenvalue weighted by molar-refractivity contribution is 0.767. The van der Waals surface area contributed by atoms with Gasteiger partial charge in [0, 0.05) is 26.5 Å². The van der Waals surface area contributed by atoms with Crippen molar-refractivity contribution in [1.29, 1.82) is 0 Å². The lowest BCUT2D eigenvalue weighted by Gasteiger charge is -1.97. The van der Waals surface area contributed by atoms with Crippen molar-refractivity contribution < 1.29 is 0 Å². The Morgan fingerprint density at radius 3 is 2.80 bits per heavy atom. The van der Waals surface area contributed by atoms with E-state index in [-0.39, 0.29) is 0 Å². The molecule has 0 aliphatic rings. The van der Waals surface area contributed by atoms with Crippen LogP contribution in [0.25, 0.3) is 0 Å². The Morgan fingerprint density at radius 2 is 2.30 bits per heavy atom. The van der Waals surface area contributed by atoms with Crippen LogP contribution in [0.1, 0.15) is 5.56 Å². The van der Waals surface area contributed by atoms with Crippen LogP contribution in [0.2, 0.25) is 0 Å². The molecule has 0 spiro atoms. The predicted molar refractivity (Wildman–Crippen MR) is 39.4 cm³/mol. The molecule has 0 aliphatic heterocycles. The number of hydrogen-bond acceptors (Lipinski definition) is 2. The zero-order valence-electron chi connectivity index (χ0n) is 6.50. The van der Waals surface area contributed by atoms with Crippen LogP contribution in [-0.2, 0) is 7.05 Å². The van der Waals surface area contributed by atoms with Gasteiger partial charge in [0.25, 0.3) is 0 Å². The second-order valence-corrected chi connectivity index (χ2v) is 2.27. The minimum Gasteiger partial charge on any atom is -0.320 e. The van der Waals surface area contributed by atoms with Gasteiger partial charge in [-0.1, -0.05) is 0 Å². The summed E-state index contributed by atoms with van der Waals surface area (Å²) in [5.74, 6) is 0. The van der Waals surface area contributed by atoms with E-state index in [4.69, 9.17) is 0 Å². The maximum absolute atomic E-state index is 4.09. The zero-order valence-corrected chi connectivity index (χ0v) is 6.50. The van der Waals surface area contributed by atoms with Gasteiger partial charge < -0.3 is 4.57 Å². The third-order valence-corrected chi connectivity index (χ3v) is 1.30. The largest absolute Gasteiger partial charge is 0.320 e. The first-order valence-corrected chi connectivity index (χ1v) is 3.16. The van der Waals surface area contributed by atoms with Gasteiger partial charge in [-0.15, -0.1) is 0 Å². The van der Waals surface area contributed by atoms with Gasteiger partial charge in [-0.3, -0.25) is 4.99 Å². The average molecular weight is 137 g/mol. The number of aromatic nitrogens is 2. The third-order valence-electron chi connectivity index (χ3n) is 1.30. The molecule has 0 amide bonds. The molecule has 0 saturated carbocycles. The Bertz CT molecular complexity index is 285. The van der Waals surface area contributed by atoms with Gasteiger partial charge in [0.15, 0.2) is 0 Å². The summed E-state index contributed by atoms with van der Waals surface area (Å²) in [5.41, 5.74) is 1.90. The molecule has 54 valence electrons. The summed E-state index contributed by atoms with van der Waals surface area (Å²) in [6.07, 6.45) is 3.80. The molecule has 1 aromatic rings. The number of nitrogens with zero attached hydrogens (tertiary/aromatic N) is 3. The lowest BCUT2D eigenvalue weighted by atomic mass is 10.4. The Balaban J connectivity index is 3.34. The molecular weight excluding hydrogens is 126 g/mol. The van der Waals surface area contributed by atoms with Gasteiger partial charge in [-0.25, -0.2) is 4.98 Å². The van der Waals surface area contributed by atoms with E-state index >= 15 is 0 Å². The zero-order chi connectivity index (χ0) is 7.56. The van der Waals surface area contributed by atoms with Gasteiger partial charge >= 0.3 is 0 Å². The normalized spacial score (nSPS) is 12.1. The van der Waals surface area contributed by atoms with Crippen molar-refractivity contribution in [3.05, 3.63) is 23.6 Å². The molecule has 0 unspecified atom stereocenters. The van der Waals surface area contributed by atoms with Crippen LogP contribution in [0, 0.1) is 6.92 Å². The summed E-state index contributed by atoms with van der Waals surface area (Å²) in [7, 11) is 3.67. The van der Waals surface area contributed by atoms with E-state index in [0.717, 1.165) is 11.2 Å². The molecule has 0 radical (unpaired) electrons. The highest BCUT2D eigenvalue weighted by Crippen LogP contribution is 1.85. The van der Waals surface area contributed by atoms with Crippen LogP contribution in [-0.4, -0.2) is 16.6 Å². The molecule has 1 aromatic heterocycles. The molecule has 3 heteroatoms. The number of rotatable bonds is 0. The van der Waals surface area contributed by atoms with Crippen molar-refractivity contribution in [2.75, 3.05) is 7.05 Å². The Kier molecular flexibility index (Phi) is 1.85. The Hall–Kier alpha value is -1.12. The van der Waals surface area contributed by atoms with E-state index in [1.54, 1.807) is 7.05 Å². The van der Waals surface area contributed by atoms with Gasteiger partial charge in [-0.05, 0) is 12.5 Å². The van der Waals surface area contributed by atoms with Crippen molar-refractivity contribution >= 4 is 0 Å². The lowest BCUT2D eigenvalue weighted by Crippen LogP contribution is -2.20. The minimum absolute atomic E-state index is 0.755. The monoisotopic (exact) mass is 137 g/mol. The van der Waals surface area contributed by atoms with Gasteiger partial charge in [-0.2, -0.15) is 0 Å². The summed E-state index contributed by atoms with van der Waals surface area (Å²) in [5, 5.41) is 0. The van der Waals surface area contributed by atoms with E-state index in [1.165, 1.54) is 0 Å². The molecule has 1 rings (SSSR count). The number of aryl methyl sites for hydroxylation is 2. The Morgan fingerprint density at radius 1 is 1.60 bits per heavy atom. The summed E-state index contributed by atoms with van der Waals surface area (Å²) in [6, 6.07) is 0. The second-order valence-electron chi connectivity index (χ2n) is 2.27. The molecule has 0 aliphatic carbocycles. The summed E-state index contributed by atoms with van der Waals surface area (Å²) in [4.78, 5) is 8.06. The Labute approximate surface area is 60.1 Å². The maximum Gasteiger partial charge on any atom is 0.224 e. The molecular formula is C7H11N3. The van der Waals surface area contributed by atoms with Crippen LogP contribution < -0.4 is 5.62 Å². The first-order valence-electron chi connectivity index (χ1n) is 3.16. The third kappa shape index (κ3) is 1.23. The first-order chi connectivity index (χ1) is 4.74. The quantitative estimate of drug-likeness (QED) is 0.504. The topological polar surface area (TPSA) is 30.2 Å². The van der Waals surface area contributed by atoms with E-state index in [1.807, 2.05) is 30.9 Å². The molecule has 1 heterocycles. The predicted octanol–water partition coefficient (Wildman–Crippen LogP) is 0.259. The first kappa shape index (κ1) is 6.99. The smallest absolute Gasteiger partial charge is 0.224 e.